The number of nitrogens with one attached hydrogen (secondary N) is 1. The Bertz CT molecular complexity index is 466. The summed E-state index contributed by atoms with van der Waals surface area (Å²) in [6.07, 6.45) is 5.78. The van der Waals surface area contributed by atoms with Crippen molar-refractivity contribution in [3.8, 4) is 0 Å². The highest BCUT2D eigenvalue weighted by atomic mass is 35.5. The molecule has 0 aromatic carbocycles. The first-order valence-electron chi connectivity index (χ1n) is 6.66. The maximum absolute atomic E-state index is 11.4. The molecule has 19 heavy (non-hydrogen) atoms. The molecule has 1 amide bonds. The number of primary amides is 1. The van der Waals surface area contributed by atoms with E-state index < -0.39 is 5.91 Å². The summed E-state index contributed by atoms with van der Waals surface area (Å²) in [5.74, 6) is 0.663. The van der Waals surface area contributed by atoms with Gasteiger partial charge >= 0.3 is 0 Å². The van der Waals surface area contributed by atoms with Crippen LogP contribution in [0.25, 0.3) is 0 Å². The third-order valence-electron chi connectivity index (χ3n) is 3.63. The number of aromatic nitrogens is 2. The van der Waals surface area contributed by atoms with Crippen LogP contribution in [-0.2, 0) is 0 Å². The zero-order chi connectivity index (χ0) is 13.8. The Labute approximate surface area is 117 Å². The van der Waals surface area contributed by atoms with Gasteiger partial charge in [-0.1, -0.05) is 31.4 Å². The average molecular weight is 283 g/mol. The molecular weight excluding hydrogens is 264 g/mol. The van der Waals surface area contributed by atoms with E-state index in [-0.39, 0.29) is 5.15 Å². The van der Waals surface area contributed by atoms with Crippen LogP contribution in [0.4, 0.5) is 5.82 Å². The van der Waals surface area contributed by atoms with Gasteiger partial charge in [0.05, 0.1) is 5.56 Å². The molecule has 0 saturated heterocycles. The molecule has 1 aromatic rings. The molecule has 1 fully saturated rings. The zero-order valence-corrected chi connectivity index (χ0v) is 11.8. The SMILES string of the molecule is CC1CCCC(Nc2nnc(Cl)cc2C(N)=O)CC1. The highest BCUT2D eigenvalue weighted by Gasteiger charge is 2.19. The summed E-state index contributed by atoms with van der Waals surface area (Å²) in [4.78, 5) is 11.4. The van der Waals surface area contributed by atoms with Crippen molar-refractivity contribution in [2.75, 3.05) is 5.32 Å². The number of amides is 1. The summed E-state index contributed by atoms with van der Waals surface area (Å²) in [5, 5.41) is 11.2. The molecule has 5 nitrogen and oxygen atoms in total. The molecule has 1 aliphatic carbocycles. The number of nitrogens with two attached hydrogens (primary N) is 1. The molecule has 3 N–H and O–H groups in total. The summed E-state index contributed by atoms with van der Waals surface area (Å²) in [7, 11) is 0. The first-order chi connectivity index (χ1) is 9.06. The van der Waals surface area contributed by atoms with E-state index in [4.69, 9.17) is 17.3 Å². The molecule has 1 saturated carbocycles. The number of nitrogens with zero attached hydrogens (tertiary/aromatic N) is 2. The van der Waals surface area contributed by atoms with Crippen molar-refractivity contribution in [1.82, 2.24) is 10.2 Å². The summed E-state index contributed by atoms with van der Waals surface area (Å²) in [5.41, 5.74) is 5.64. The Morgan fingerprint density at radius 1 is 1.37 bits per heavy atom. The van der Waals surface area contributed by atoms with Crippen molar-refractivity contribution in [1.29, 1.82) is 0 Å². The molecule has 2 atom stereocenters. The molecule has 2 unspecified atom stereocenters. The maximum atomic E-state index is 11.4. The van der Waals surface area contributed by atoms with E-state index in [1.54, 1.807) is 0 Å². The van der Waals surface area contributed by atoms with Gasteiger partial charge in [-0.3, -0.25) is 4.79 Å². The molecular formula is C13H19ClN4O. The average Bonchev–Trinajstić information content (AvgIpc) is 2.56. The minimum absolute atomic E-state index is 0.175. The van der Waals surface area contributed by atoms with Crippen LogP contribution in [0.1, 0.15) is 49.4 Å². The predicted octanol–water partition coefficient (Wildman–Crippen LogP) is 2.61. The van der Waals surface area contributed by atoms with Crippen LogP contribution in [0.3, 0.4) is 0 Å². The molecule has 0 radical (unpaired) electrons. The predicted molar refractivity (Wildman–Crippen MR) is 75.2 cm³/mol. The molecule has 104 valence electrons. The lowest BCUT2D eigenvalue weighted by Gasteiger charge is -2.18. The minimum atomic E-state index is -0.540. The molecule has 1 heterocycles. The van der Waals surface area contributed by atoms with Gasteiger partial charge in [0.25, 0.3) is 5.91 Å². The number of halogens is 1. The van der Waals surface area contributed by atoms with E-state index in [2.05, 4.69) is 22.4 Å². The molecule has 1 aliphatic rings. The second-order valence-corrected chi connectivity index (χ2v) is 5.64. The first-order valence-corrected chi connectivity index (χ1v) is 7.03. The van der Waals surface area contributed by atoms with Gasteiger partial charge in [-0.15, -0.1) is 10.2 Å². The number of hydrogen-bond donors (Lipinski definition) is 2. The van der Waals surface area contributed by atoms with Gasteiger partial charge < -0.3 is 11.1 Å². The Balaban J connectivity index is 2.12. The first kappa shape index (κ1) is 14.1. The molecule has 1 aromatic heterocycles. The number of rotatable bonds is 3. The van der Waals surface area contributed by atoms with E-state index in [1.165, 1.54) is 25.3 Å². The Morgan fingerprint density at radius 3 is 2.89 bits per heavy atom. The zero-order valence-electron chi connectivity index (χ0n) is 11.0. The minimum Gasteiger partial charge on any atom is -0.365 e. The summed E-state index contributed by atoms with van der Waals surface area (Å²) >= 11 is 5.74. The summed E-state index contributed by atoms with van der Waals surface area (Å²) in [6.45, 7) is 2.28. The van der Waals surface area contributed by atoms with Crippen molar-refractivity contribution >= 4 is 23.3 Å². The van der Waals surface area contributed by atoms with Crippen LogP contribution >= 0.6 is 11.6 Å². The quantitative estimate of drug-likeness (QED) is 0.835. The second kappa shape index (κ2) is 6.19. The lowest BCUT2D eigenvalue weighted by Crippen LogP contribution is -2.23. The van der Waals surface area contributed by atoms with Crippen LogP contribution in [-0.4, -0.2) is 22.1 Å². The molecule has 2 rings (SSSR count). The van der Waals surface area contributed by atoms with E-state index in [1.807, 2.05) is 0 Å². The van der Waals surface area contributed by atoms with Crippen LogP contribution in [0.15, 0.2) is 6.07 Å². The topological polar surface area (TPSA) is 80.9 Å². The smallest absolute Gasteiger partial charge is 0.252 e. The van der Waals surface area contributed by atoms with Crippen LogP contribution in [0, 0.1) is 5.92 Å². The fourth-order valence-corrected chi connectivity index (χ4v) is 2.63. The van der Waals surface area contributed by atoms with Gasteiger partial charge in [0.2, 0.25) is 0 Å². The fraction of sp³-hybridized carbons (Fsp3) is 0.615. The molecule has 0 bridgehead atoms. The van der Waals surface area contributed by atoms with E-state index in [0.29, 0.717) is 17.4 Å². The third-order valence-corrected chi connectivity index (χ3v) is 3.81. The standard InChI is InChI=1S/C13H19ClN4O/c1-8-3-2-4-9(6-5-8)16-13-10(12(15)19)7-11(14)17-18-13/h7-9H,2-6H2,1H3,(H2,15,19)(H,16,18). The van der Waals surface area contributed by atoms with Crippen LogP contribution < -0.4 is 11.1 Å². The Morgan fingerprint density at radius 2 is 2.16 bits per heavy atom. The number of anilines is 1. The van der Waals surface area contributed by atoms with Gasteiger partial charge in [-0.25, -0.2) is 0 Å². The lowest BCUT2D eigenvalue weighted by molar-refractivity contribution is 0.100. The van der Waals surface area contributed by atoms with E-state index in [9.17, 15) is 4.79 Å². The van der Waals surface area contributed by atoms with E-state index >= 15 is 0 Å². The van der Waals surface area contributed by atoms with Crippen molar-refractivity contribution in [3.63, 3.8) is 0 Å². The number of carbonyl (C=O) groups excluding carboxylic acids is 1. The Kier molecular flexibility index (Phi) is 4.58. The molecule has 6 heteroatoms. The molecule has 0 spiro atoms. The van der Waals surface area contributed by atoms with Crippen molar-refractivity contribution in [2.45, 2.75) is 45.1 Å². The van der Waals surface area contributed by atoms with Gasteiger partial charge in [0.15, 0.2) is 11.0 Å². The number of hydrogen-bond acceptors (Lipinski definition) is 4. The summed E-state index contributed by atoms with van der Waals surface area (Å²) < 4.78 is 0. The van der Waals surface area contributed by atoms with Gasteiger partial charge in [0, 0.05) is 6.04 Å². The largest absolute Gasteiger partial charge is 0.365 e. The maximum Gasteiger partial charge on any atom is 0.252 e. The summed E-state index contributed by atoms with van der Waals surface area (Å²) in [6, 6.07) is 1.77. The number of carbonyl (C=O) groups is 1. The second-order valence-electron chi connectivity index (χ2n) is 5.25. The third kappa shape index (κ3) is 3.80. The fourth-order valence-electron chi connectivity index (χ4n) is 2.49. The highest BCUT2D eigenvalue weighted by Crippen LogP contribution is 2.25. The van der Waals surface area contributed by atoms with Crippen LogP contribution in [0.2, 0.25) is 5.15 Å². The normalized spacial score (nSPS) is 23.7. The lowest BCUT2D eigenvalue weighted by atomic mass is 10.0. The van der Waals surface area contributed by atoms with Crippen molar-refractivity contribution in [2.24, 2.45) is 11.7 Å². The monoisotopic (exact) mass is 282 g/mol. The Hall–Kier alpha value is -1.36. The van der Waals surface area contributed by atoms with Crippen molar-refractivity contribution in [3.05, 3.63) is 16.8 Å². The van der Waals surface area contributed by atoms with Crippen LogP contribution in [0.5, 0.6) is 0 Å². The van der Waals surface area contributed by atoms with Gasteiger partial charge in [-0.2, -0.15) is 0 Å². The van der Waals surface area contributed by atoms with Gasteiger partial charge in [0.1, 0.15) is 0 Å². The van der Waals surface area contributed by atoms with Crippen molar-refractivity contribution < 1.29 is 4.79 Å². The molecule has 0 aliphatic heterocycles. The van der Waals surface area contributed by atoms with Gasteiger partial charge in [-0.05, 0) is 31.2 Å². The highest BCUT2D eigenvalue weighted by molar-refractivity contribution is 6.29. The van der Waals surface area contributed by atoms with E-state index in [0.717, 1.165) is 18.8 Å².